The minimum atomic E-state index is 0.836. The molecule has 2 rings (SSSR count). The highest BCUT2D eigenvalue weighted by atomic mass is 16.5. The number of ether oxygens (including phenoxy) is 2. The Morgan fingerprint density at radius 1 is 1.00 bits per heavy atom. The number of hydrogen-bond acceptors (Lipinski definition) is 2. The molecule has 1 N–H and O–H groups in total. The summed E-state index contributed by atoms with van der Waals surface area (Å²) in [7, 11) is 0. The number of benzene rings is 1. The molecule has 1 heterocycles. The van der Waals surface area contributed by atoms with E-state index in [-0.39, 0.29) is 0 Å². The van der Waals surface area contributed by atoms with Crippen molar-refractivity contribution in [1.29, 1.82) is 0 Å². The Balaban J connectivity index is 1.61. The fourth-order valence-electron chi connectivity index (χ4n) is 3.13. The first-order chi connectivity index (χ1) is 10.2. The second kappa shape index (κ2) is 8.40. The van der Waals surface area contributed by atoms with Crippen LogP contribution in [0.4, 0.5) is 0 Å². The van der Waals surface area contributed by atoms with Gasteiger partial charge in [-0.2, -0.15) is 0 Å². The highest BCUT2D eigenvalue weighted by molar-refractivity contribution is 5.42. The van der Waals surface area contributed by atoms with Gasteiger partial charge in [0.2, 0.25) is 0 Å². The van der Waals surface area contributed by atoms with E-state index in [1.54, 1.807) is 4.90 Å². The average molecular weight is 292 g/mol. The Morgan fingerprint density at radius 2 is 1.67 bits per heavy atom. The highest BCUT2D eigenvalue weighted by Gasteiger charge is 2.12. The predicted octanol–water partition coefficient (Wildman–Crippen LogP) is 2.08. The second-order valence-electron chi connectivity index (χ2n) is 6.25. The van der Waals surface area contributed by atoms with Crippen molar-refractivity contribution >= 4 is 0 Å². The third kappa shape index (κ3) is 5.33. The maximum atomic E-state index is 5.99. The average Bonchev–Trinajstić information content (AvgIpc) is 2.45. The summed E-state index contributed by atoms with van der Waals surface area (Å²) in [6, 6.07) is 4.40. The van der Waals surface area contributed by atoms with Gasteiger partial charge in [-0.1, -0.05) is 17.7 Å². The van der Waals surface area contributed by atoms with Crippen molar-refractivity contribution < 1.29 is 14.4 Å². The van der Waals surface area contributed by atoms with E-state index in [2.05, 4.69) is 32.9 Å². The molecule has 118 valence electrons. The summed E-state index contributed by atoms with van der Waals surface area (Å²) in [4.78, 5) is 1.70. The van der Waals surface area contributed by atoms with E-state index in [9.17, 15) is 0 Å². The highest BCUT2D eigenvalue weighted by Crippen LogP contribution is 2.24. The molecular formula is C18H30NO2+. The molecule has 1 aromatic carbocycles. The lowest BCUT2D eigenvalue weighted by atomic mass is 10.1. The van der Waals surface area contributed by atoms with Crippen LogP contribution in [-0.2, 0) is 4.74 Å². The van der Waals surface area contributed by atoms with E-state index in [4.69, 9.17) is 9.47 Å². The van der Waals surface area contributed by atoms with Gasteiger partial charge in [0.15, 0.2) is 0 Å². The molecule has 1 aliphatic heterocycles. The Hall–Kier alpha value is -1.06. The maximum absolute atomic E-state index is 5.99. The molecule has 21 heavy (non-hydrogen) atoms. The lowest BCUT2D eigenvalue weighted by Crippen LogP contribution is -3.14. The van der Waals surface area contributed by atoms with Gasteiger partial charge in [-0.25, -0.2) is 0 Å². The van der Waals surface area contributed by atoms with Crippen molar-refractivity contribution in [1.82, 2.24) is 0 Å². The molecule has 1 fully saturated rings. The van der Waals surface area contributed by atoms with Gasteiger partial charge >= 0.3 is 0 Å². The molecule has 1 aromatic rings. The largest absolute Gasteiger partial charge is 0.493 e. The molecule has 0 bridgehead atoms. The molecule has 3 nitrogen and oxygen atoms in total. The first-order valence-electron chi connectivity index (χ1n) is 8.29. The van der Waals surface area contributed by atoms with Gasteiger partial charge in [0.25, 0.3) is 0 Å². The van der Waals surface area contributed by atoms with Crippen LogP contribution in [0.3, 0.4) is 0 Å². The van der Waals surface area contributed by atoms with E-state index in [0.29, 0.717) is 0 Å². The van der Waals surface area contributed by atoms with Crippen LogP contribution >= 0.6 is 0 Å². The van der Waals surface area contributed by atoms with Gasteiger partial charge in [-0.15, -0.1) is 0 Å². The Labute approximate surface area is 129 Å². The second-order valence-corrected chi connectivity index (χ2v) is 6.25. The molecule has 0 unspecified atom stereocenters. The Kier molecular flexibility index (Phi) is 6.52. The minimum absolute atomic E-state index is 0.836. The fourth-order valence-corrected chi connectivity index (χ4v) is 3.13. The number of aryl methyl sites for hydroxylation is 3. The summed E-state index contributed by atoms with van der Waals surface area (Å²) >= 11 is 0. The topological polar surface area (TPSA) is 22.9 Å². The predicted molar refractivity (Wildman–Crippen MR) is 86.4 cm³/mol. The minimum Gasteiger partial charge on any atom is -0.493 e. The fraction of sp³-hybridized carbons (Fsp3) is 0.667. The number of unbranched alkanes of at least 4 members (excludes halogenated alkanes) is 2. The number of morpholine rings is 1. The molecule has 3 heteroatoms. The third-order valence-corrected chi connectivity index (χ3v) is 4.23. The normalized spacial score (nSPS) is 16.1. The molecule has 1 aliphatic rings. The lowest BCUT2D eigenvalue weighted by Gasteiger charge is -2.23. The van der Waals surface area contributed by atoms with Crippen molar-refractivity contribution in [2.75, 3.05) is 39.5 Å². The van der Waals surface area contributed by atoms with Crippen molar-refractivity contribution in [3.8, 4) is 5.75 Å². The molecule has 1 saturated heterocycles. The van der Waals surface area contributed by atoms with Gasteiger partial charge in [0.05, 0.1) is 26.4 Å². The summed E-state index contributed by atoms with van der Waals surface area (Å²) in [5.41, 5.74) is 3.82. The van der Waals surface area contributed by atoms with Gasteiger partial charge in [0, 0.05) is 0 Å². The van der Waals surface area contributed by atoms with Crippen molar-refractivity contribution in [3.63, 3.8) is 0 Å². The summed E-state index contributed by atoms with van der Waals surface area (Å²) in [6.45, 7) is 12.8. The zero-order valence-corrected chi connectivity index (χ0v) is 13.8. The first kappa shape index (κ1) is 16.3. The maximum Gasteiger partial charge on any atom is 0.125 e. The zero-order chi connectivity index (χ0) is 15.1. The van der Waals surface area contributed by atoms with E-state index in [1.807, 2.05) is 0 Å². The van der Waals surface area contributed by atoms with Gasteiger partial charge < -0.3 is 14.4 Å². The van der Waals surface area contributed by atoms with Gasteiger partial charge in [-0.05, 0) is 51.2 Å². The van der Waals surface area contributed by atoms with Crippen molar-refractivity contribution in [2.45, 2.75) is 40.0 Å². The third-order valence-electron chi connectivity index (χ3n) is 4.23. The van der Waals surface area contributed by atoms with E-state index in [1.165, 1.54) is 49.2 Å². The van der Waals surface area contributed by atoms with Crippen LogP contribution in [0.15, 0.2) is 12.1 Å². The quantitative estimate of drug-likeness (QED) is 0.778. The van der Waals surface area contributed by atoms with Crippen LogP contribution in [0.1, 0.15) is 36.0 Å². The summed E-state index contributed by atoms with van der Waals surface area (Å²) in [6.07, 6.45) is 3.70. The van der Waals surface area contributed by atoms with E-state index in [0.717, 1.165) is 32.0 Å². The zero-order valence-electron chi connectivity index (χ0n) is 13.8. The van der Waals surface area contributed by atoms with Crippen LogP contribution in [0.25, 0.3) is 0 Å². The Bertz CT molecular complexity index is 416. The van der Waals surface area contributed by atoms with Crippen molar-refractivity contribution in [2.24, 2.45) is 0 Å². The van der Waals surface area contributed by atoms with E-state index >= 15 is 0 Å². The number of rotatable bonds is 7. The van der Waals surface area contributed by atoms with E-state index < -0.39 is 0 Å². The van der Waals surface area contributed by atoms with Gasteiger partial charge in [-0.3, -0.25) is 0 Å². The molecule has 0 saturated carbocycles. The number of quaternary nitrogens is 1. The summed E-state index contributed by atoms with van der Waals surface area (Å²) in [5.74, 6) is 1.08. The summed E-state index contributed by atoms with van der Waals surface area (Å²) < 4.78 is 11.4. The lowest BCUT2D eigenvalue weighted by molar-refractivity contribution is -0.908. The van der Waals surface area contributed by atoms with Crippen LogP contribution in [0.2, 0.25) is 0 Å². The van der Waals surface area contributed by atoms with Crippen LogP contribution in [0.5, 0.6) is 5.75 Å². The first-order valence-corrected chi connectivity index (χ1v) is 8.29. The smallest absolute Gasteiger partial charge is 0.125 e. The molecule has 0 spiro atoms. The van der Waals surface area contributed by atoms with Crippen LogP contribution in [0, 0.1) is 20.8 Å². The van der Waals surface area contributed by atoms with Crippen LogP contribution in [-0.4, -0.2) is 39.5 Å². The Morgan fingerprint density at radius 3 is 2.33 bits per heavy atom. The number of nitrogens with one attached hydrogen (secondary N) is 1. The molecule has 0 aromatic heterocycles. The SMILES string of the molecule is Cc1cc(C)c(OCCCCC[NH+]2CCOCC2)c(C)c1. The molecule has 0 atom stereocenters. The monoisotopic (exact) mass is 292 g/mol. The molecule has 0 amide bonds. The molecule has 0 aliphatic carbocycles. The molecular weight excluding hydrogens is 262 g/mol. The number of hydrogen-bond donors (Lipinski definition) is 1. The van der Waals surface area contributed by atoms with Crippen molar-refractivity contribution in [3.05, 3.63) is 28.8 Å². The summed E-state index contributed by atoms with van der Waals surface area (Å²) in [5, 5.41) is 0. The van der Waals surface area contributed by atoms with Gasteiger partial charge in [0.1, 0.15) is 18.8 Å². The van der Waals surface area contributed by atoms with Crippen LogP contribution < -0.4 is 9.64 Å². The standard InChI is InChI=1S/C18H29NO2/c1-15-13-16(2)18(17(3)14-15)21-10-6-4-5-7-19-8-11-20-12-9-19/h13-14H,4-12H2,1-3H3/p+1. The molecule has 0 radical (unpaired) electrons.